The van der Waals surface area contributed by atoms with Crippen LogP contribution in [0.25, 0.3) is 0 Å². The Labute approximate surface area is 100 Å². The van der Waals surface area contributed by atoms with Gasteiger partial charge in [-0.05, 0) is 6.92 Å². The minimum atomic E-state index is -0.473. The highest BCUT2D eigenvalue weighted by Crippen LogP contribution is 2.11. The molecule has 0 atom stereocenters. The summed E-state index contributed by atoms with van der Waals surface area (Å²) >= 11 is 0. The third-order valence-corrected chi connectivity index (χ3v) is 2.58. The maximum Gasteiger partial charge on any atom is 0.376 e. The lowest BCUT2D eigenvalue weighted by molar-refractivity contribution is 0.0512. The molecular weight excluding hydrogens is 220 g/mol. The van der Waals surface area contributed by atoms with Crippen LogP contribution in [0.15, 0.2) is 12.4 Å². The number of hydrogen-bond donors (Lipinski definition) is 1. The Kier molecular flexibility index (Phi) is 3.87. The van der Waals surface area contributed by atoms with Crippen molar-refractivity contribution >= 4 is 11.7 Å². The van der Waals surface area contributed by atoms with Crippen LogP contribution in [0.5, 0.6) is 0 Å². The number of carbonyl (C=O) groups is 1. The summed E-state index contributed by atoms with van der Waals surface area (Å²) in [5, 5.41) is 3.27. The van der Waals surface area contributed by atoms with Gasteiger partial charge in [0.15, 0.2) is 0 Å². The number of esters is 1. The summed E-state index contributed by atoms with van der Waals surface area (Å²) in [6.45, 7) is 5.87. The number of carbonyl (C=O) groups excluding carboxylic acids is 1. The molecule has 92 valence electrons. The van der Waals surface area contributed by atoms with Crippen molar-refractivity contribution in [2.24, 2.45) is 0 Å². The standard InChI is InChI=1S/C11H16N4O2/c1-2-17-11(16)10-13-7-9(8-14-10)15-5-3-12-4-6-15/h7-8,12H,2-6H2,1H3. The minimum Gasteiger partial charge on any atom is -0.460 e. The number of anilines is 1. The van der Waals surface area contributed by atoms with Crippen LogP contribution in [0, 0.1) is 0 Å². The molecule has 0 bridgehead atoms. The van der Waals surface area contributed by atoms with Crippen molar-refractivity contribution in [1.82, 2.24) is 15.3 Å². The van der Waals surface area contributed by atoms with Gasteiger partial charge in [0.2, 0.25) is 5.82 Å². The van der Waals surface area contributed by atoms with Crippen molar-refractivity contribution in [3.05, 3.63) is 18.2 Å². The van der Waals surface area contributed by atoms with Gasteiger partial charge in [-0.3, -0.25) is 0 Å². The highest BCUT2D eigenvalue weighted by molar-refractivity contribution is 5.85. The Morgan fingerprint density at radius 3 is 2.65 bits per heavy atom. The van der Waals surface area contributed by atoms with Gasteiger partial charge in [0.05, 0.1) is 24.7 Å². The van der Waals surface area contributed by atoms with E-state index in [2.05, 4.69) is 20.2 Å². The Bertz CT molecular complexity index is 374. The number of ether oxygens (including phenoxy) is 1. The molecule has 1 saturated heterocycles. The molecule has 1 aromatic heterocycles. The summed E-state index contributed by atoms with van der Waals surface area (Å²) in [4.78, 5) is 21.6. The van der Waals surface area contributed by atoms with E-state index in [-0.39, 0.29) is 5.82 Å². The van der Waals surface area contributed by atoms with Crippen molar-refractivity contribution < 1.29 is 9.53 Å². The normalized spacial score (nSPS) is 15.7. The van der Waals surface area contributed by atoms with E-state index >= 15 is 0 Å². The topological polar surface area (TPSA) is 67.3 Å². The second-order valence-corrected chi connectivity index (χ2v) is 3.72. The molecule has 2 heterocycles. The predicted molar refractivity (Wildman–Crippen MR) is 63.1 cm³/mol. The first-order valence-electron chi connectivity index (χ1n) is 5.76. The molecule has 6 heteroatoms. The van der Waals surface area contributed by atoms with Crippen LogP contribution in [0.3, 0.4) is 0 Å². The zero-order valence-corrected chi connectivity index (χ0v) is 9.85. The molecule has 0 aromatic carbocycles. The first-order valence-corrected chi connectivity index (χ1v) is 5.76. The number of hydrogen-bond acceptors (Lipinski definition) is 6. The molecule has 1 fully saturated rings. The monoisotopic (exact) mass is 236 g/mol. The SMILES string of the molecule is CCOC(=O)c1ncc(N2CCNCC2)cn1. The van der Waals surface area contributed by atoms with Crippen LogP contribution in [-0.2, 0) is 4.74 Å². The van der Waals surface area contributed by atoms with Gasteiger partial charge in [0.25, 0.3) is 0 Å². The quantitative estimate of drug-likeness (QED) is 0.749. The molecule has 0 amide bonds. The van der Waals surface area contributed by atoms with Crippen molar-refractivity contribution in [1.29, 1.82) is 0 Å². The molecule has 1 aliphatic rings. The van der Waals surface area contributed by atoms with E-state index in [0.29, 0.717) is 6.61 Å². The van der Waals surface area contributed by atoms with Gasteiger partial charge in [-0.25, -0.2) is 14.8 Å². The molecule has 0 radical (unpaired) electrons. The molecule has 0 saturated carbocycles. The largest absolute Gasteiger partial charge is 0.460 e. The summed E-state index contributed by atoms with van der Waals surface area (Å²) in [7, 11) is 0. The number of aromatic nitrogens is 2. The Morgan fingerprint density at radius 2 is 2.06 bits per heavy atom. The molecule has 0 aliphatic carbocycles. The van der Waals surface area contributed by atoms with Gasteiger partial charge in [-0.2, -0.15) is 0 Å². The smallest absolute Gasteiger partial charge is 0.376 e. The fourth-order valence-electron chi connectivity index (χ4n) is 1.71. The van der Waals surface area contributed by atoms with E-state index in [1.165, 1.54) is 0 Å². The number of nitrogens with one attached hydrogen (secondary N) is 1. The lowest BCUT2D eigenvalue weighted by atomic mass is 10.3. The second kappa shape index (κ2) is 5.58. The third-order valence-electron chi connectivity index (χ3n) is 2.58. The summed E-state index contributed by atoms with van der Waals surface area (Å²) in [6.07, 6.45) is 3.34. The van der Waals surface area contributed by atoms with E-state index < -0.39 is 5.97 Å². The van der Waals surface area contributed by atoms with E-state index in [1.54, 1.807) is 19.3 Å². The van der Waals surface area contributed by atoms with Gasteiger partial charge in [0, 0.05) is 26.2 Å². The fourth-order valence-corrected chi connectivity index (χ4v) is 1.71. The summed E-state index contributed by atoms with van der Waals surface area (Å²) in [5.41, 5.74) is 0.944. The molecule has 1 N–H and O–H groups in total. The lowest BCUT2D eigenvalue weighted by Gasteiger charge is -2.28. The first kappa shape index (κ1) is 11.8. The van der Waals surface area contributed by atoms with Gasteiger partial charge in [-0.15, -0.1) is 0 Å². The Balaban J connectivity index is 2.04. The summed E-state index contributed by atoms with van der Waals surface area (Å²) in [5.74, 6) is -0.356. The van der Waals surface area contributed by atoms with Gasteiger partial charge in [0.1, 0.15) is 0 Å². The molecule has 0 spiro atoms. The maximum atomic E-state index is 11.4. The summed E-state index contributed by atoms with van der Waals surface area (Å²) in [6, 6.07) is 0. The molecule has 2 rings (SSSR count). The zero-order valence-electron chi connectivity index (χ0n) is 9.85. The van der Waals surface area contributed by atoms with Crippen molar-refractivity contribution in [3.8, 4) is 0 Å². The lowest BCUT2D eigenvalue weighted by Crippen LogP contribution is -2.43. The summed E-state index contributed by atoms with van der Waals surface area (Å²) < 4.78 is 4.83. The maximum absolute atomic E-state index is 11.4. The van der Waals surface area contributed by atoms with Crippen LogP contribution < -0.4 is 10.2 Å². The number of piperazine rings is 1. The van der Waals surface area contributed by atoms with Crippen LogP contribution in [0.4, 0.5) is 5.69 Å². The highest BCUT2D eigenvalue weighted by Gasteiger charge is 2.13. The molecule has 1 aliphatic heterocycles. The molecule has 0 unspecified atom stereocenters. The Morgan fingerprint density at radius 1 is 1.41 bits per heavy atom. The Hall–Kier alpha value is -1.69. The van der Waals surface area contributed by atoms with Crippen molar-refractivity contribution in [2.75, 3.05) is 37.7 Å². The van der Waals surface area contributed by atoms with E-state index in [4.69, 9.17) is 4.74 Å². The average Bonchev–Trinajstić information content (AvgIpc) is 2.40. The molecular formula is C11H16N4O2. The van der Waals surface area contributed by atoms with Crippen LogP contribution in [0.2, 0.25) is 0 Å². The van der Waals surface area contributed by atoms with Crippen LogP contribution >= 0.6 is 0 Å². The van der Waals surface area contributed by atoms with Crippen molar-refractivity contribution in [2.45, 2.75) is 6.92 Å². The highest BCUT2D eigenvalue weighted by atomic mass is 16.5. The number of nitrogens with zero attached hydrogens (tertiary/aromatic N) is 3. The predicted octanol–water partition coefficient (Wildman–Crippen LogP) is 0.0629. The van der Waals surface area contributed by atoms with Crippen LogP contribution in [-0.4, -0.2) is 48.7 Å². The second-order valence-electron chi connectivity index (χ2n) is 3.72. The van der Waals surface area contributed by atoms with Gasteiger partial charge >= 0.3 is 5.97 Å². The minimum absolute atomic E-state index is 0.116. The van der Waals surface area contributed by atoms with Gasteiger partial charge < -0.3 is 15.0 Å². The fraction of sp³-hybridized carbons (Fsp3) is 0.545. The number of rotatable bonds is 3. The van der Waals surface area contributed by atoms with Crippen molar-refractivity contribution in [3.63, 3.8) is 0 Å². The van der Waals surface area contributed by atoms with E-state index in [1.807, 2.05) is 0 Å². The van der Waals surface area contributed by atoms with E-state index in [0.717, 1.165) is 31.9 Å². The van der Waals surface area contributed by atoms with E-state index in [9.17, 15) is 4.79 Å². The zero-order chi connectivity index (χ0) is 12.1. The first-order chi connectivity index (χ1) is 8.31. The average molecular weight is 236 g/mol. The molecule has 6 nitrogen and oxygen atoms in total. The van der Waals surface area contributed by atoms with Crippen LogP contribution in [0.1, 0.15) is 17.5 Å². The molecule has 17 heavy (non-hydrogen) atoms. The van der Waals surface area contributed by atoms with Gasteiger partial charge in [-0.1, -0.05) is 0 Å². The third kappa shape index (κ3) is 2.91. The molecule has 1 aromatic rings.